The molecule has 0 aromatic heterocycles. The fourth-order valence-corrected chi connectivity index (χ4v) is 2.61. The molecule has 1 N–H and O–H groups in total. The first-order chi connectivity index (χ1) is 8.63. The zero-order valence-electron chi connectivity index (χ0n) is 12.9. The molecule has 0 aromatic rings. The second-order valence-corrected chi connectivity index (χ2v) is 5.98. The highest BCUT2D eigenvalue weighted by Gasteiger charge is 2.19. The fraction of sp³-hybridized carbons (Fsp3) is 1.00. The Morgan fingerprint density at radius 1 is 1.28 bits per heavy atom. The lowest BCUT2D eigenvalue weighted by molar-refractivity contribution is 0.104. The van der Waals surface area contributed by atoms with Gasteiger partial charge in [0.25, 0.3) is 0 Å². The number of hydrogen-bond donors (Lipinski definition) is 1. The molecule has 1 heterocycles. The monoisotopic (exact) mass is 255 g/mol. The Labute approximate surface area is 114 Å². The molecule has 1 fully saturated rings. The van der Waals surface area contributed by atoms with E-state index in [0.717, 1.165) is 12.6 Å². The lowest BCUT2D eigenvalue weighted by atomic mass is 10.1. The quantitative estimate of drug-likeness (QED) is 0.671. The lowest BCUT2D eigenvalue weighted by Crippen LogP contribution is -2.50. The standard InChI is InChI=1S/C15H33N3/c1-5-9-16-14(2)8-6-7-10-18-12-11-17(4)15(3)13-18/h14-16H,5-13H2,1-4H3. The molecule has 0 aliphatic carbocycles. The van der Waals surface area contributed by atoms with E-state index in [1.54, 1.807) is 0 Å². The second kappa shape index (κ2) is 8.89. The molecule has 2 unspecified atom stereocenters. The van der Waals surface area contributed by atoms with E-state index < -0.39 is 0 Å². The van der Waals surface area contributed by atoms with E-state index in [-0.39, 0.29) is 0 Å². The molecule has 108 valence electrons. The van der Waals surface area contributed by atoms with Crippen LogP contribution in [0.4, 0.5) is 0 Å². The maximum absolute atomic E-state index is 3.56. The average molecular weight is 255 g/mol. The van der Waals surface area contributed by atoms with Crippen LogP contribution in [0.1, 0.15) is 46.5 Å². The minimum atomic E-state index is 0.691. The minimum Gasteiger partial charge on any atom is -0.314 e. The van der Waals surface area contributed by atoms with Gasteiger partial charge in [0.15, 0.2) is 0 Å². The number of rotatable bonds is 8. The van der Waals surface area contributed by atoms with Gasteiger partial charge in [0.2, 0.25) is 0 Å². The van der Waals surface area contributed by atoms with Crippen molar-refractivity contribution in [2.75, 3.05) is 39.8 Å². The summed E-state index contributed by atoms with van der Waals surface area (Å²) in [6, 6.07) is 1.42. The van der Waals surface area contributed by atoms with Gasteiger partial charge in [0.05, 0.1) is 0 Å². The van der Waals surface area contributed by atoms with Crippen molar-refractivity contribution in [1.82, 2.24) is 15.1 Å². The van der Waals surface area contributed by atoms with E-state index in [9.17, 15) is 0 Å². The zero-order chi connectivity index (χ0) is 13.4. The summed E-state index contributed by atoms with van der Waals surface area (Å²) in [4.78, 5) is 5.10. The highest BCUT2D eigenvalue weighted by molar-refractivity contribution is 4.76. The molecule has 0 saturated carbocycles. The summed E-state index contributed by atoms with van der Waals surface area (Å²) < 4.78 is 0. The maximum Gasteiger partial charge on any atom is 0.0192 e. The van der Waals surface area contributed by atoms with E-state index in [1.165, 1.54) is 51.9 Å². The van der Waals surface area contributed by atoms with Gasteiger partial charge in [-0.1, -0.05) is 13.3 Å². The summed E-state index contributed by atoms with van der Waals surface area (Å²) in [7, 11) is 2.24. The van der Waals surface area contributed by atoms with Crippen LogP contribution in [0.25, 0.3) is 0 Å². The van der Waals surface area contributed by atoms with E-state index >= 15 is 0 Å². The van der Waals surface area contributed by atoms with Gasteiger partial charge in [0, 0.05) is 31.7 Å². The SMILES string of the molecule is CCCNC(C)CCCCN1CCN(C)C(C)C1. The Morgan fingerprint density at radius 2 is 2.06 bits per heavy atom. The van der Waals surface area contributed by atoms with Gasteiger partial charge >= 0.3 is 0 Å². The minimum absolute atomic E-state index is 0.691. The van der Waals surface area contributed by atoms with Crippen molar-refractivity contribution in [3.8, 4) is 0 Å². The molecule has 1 aliphatic rings. The Balaban J connectivity index is 2.01. The molecule has 18 heavy (non-hydrogen) atoms. The fourth-order valence-electron chi connectivity index (χ4n) is 2.61. The van der Waals surface area contributed by atoms with E-state index in [2.05, 4.69) is 42.9 Å². The van der Waals surface area contributed by atoms with Crippen LogP contribution in [0.15, 0.2) is 0 Å². The van der Waals surface area contributed by atoms with Crippen LogP contribution < -0.4 is 5.32 Å². The van der Waals surface area contributed by atoms with E-state index in [1.807, 2.05) is 0 Å². The number of unbranched alkanes of at least 4 members (excludes halogenated alkanes) is 1. The van der Waals surface area contributed by atoms with Crippen molar-refractivity contribution >= 4 is 0 Å². The van der Waals surface area contributed by atoms with Gasteiger partial charge in [0.1, 0.15) is 0 Å². The first kappa shape index (κ1) is 15.9. The normalized spacial score (nSPS) is 24.3. The molecule has 3 heteroatoms. The van der Waals surface area contributed by atoms with Crippen molar-refractivity contribution in [2.45, 2.75) is 58.5 Å². The van der Waals surface area contributed by atoms with Crippen molar-refractivity contribution in [3.63, 3.8) is 0 Å². The van der Waals surface area contributed by atoms with Gasteiger partial charge in [-0.2, -0.15) is 0 Å². The first-order valence-corrected chi connectivity index (χ1v) is 7.79. The second-order valence-electron chi connectivity index (χ2n) is 5.98. The van der Waals surface area contributed by atoms with Crippen LogP contribution >= 0.6 is 0 Å². The molecule has 0 spiro atoms. The Bertz CT molecular complexity index is 208. The van der Waals surface area contributed by atoms with E-state index in [0.29, 0.717) is 6.04 Å². The molecule has 1 saturated heterocycles. The summed E-state index contributed by atoms with van der Waals surface area (Å²) in [5.41, 5.74) is 0. The Hall–Kier alpha value is -0.120. The predicted molar refractivity (Wildman–Crippen MR) is 80.1 cm³/mol. The molecule has 1 aliphatic heterocycles. The molecule has 0 aromatic carbocycles. The van der Waals surface area contributed by atoms with Gasteiger partial charge in [-0.25, -0.2) is 0 Å². The smallest absolute Gasteiger partial charge is 0.0192 e. The van der Waals surface area contributed by atoms with Crippen LogP contribution in [-0.2, 0) is 0 Å². The van der Waals surface area contributed by atoms with E-state index in [4.69, 9.17) is 0 Å². The van der Waals surface area contributed by atoms with Crippen molar-refractivity contribution < 1.29 is 0 Å². The molecule has 2 atom stereocenters. The summed E-state index contributed by atoms with van der Waals surface area (Å²) in [6.07, 6.45) is 5.28. The van der Waals surface area contributed by atoms with Crippen LogP contribution in [-0.4, -0.2) is 61.7 Å². The van der Waals surface area contributed by atoms with Gasteiger partial charge < -0.3 is 15.1 Å². The van der Waals surface area contributed by atoms with Gasteiger partial charge in [-0.3, -0.25) is 0 Å². The highest BCUT2D eigenvalue weighted by atomic mass is 15.3. The van der Waals surface area contributed by atoms with Crippen LogP contribution in [0.3, 0.4) is 0 Å². The predicted octanol–water partition coefficient (Wildman–Crippen LogP) is 2.18. The van der Waals surface area contributed by atoms with Crippen LogP contribution in [0.5, 0.6) is 0 Å². The van der Waals surface area contributed by atoms with Gasteiger partial charge in [-0.05, 0) is 53.2 Å². The third-order valence-electron chi connectivity index (χ3n) is 4.15. The van der Waals surface area contributed by atoms with Crippen LogP contribution in [0, 0.1) is 0 Å². The number of likely N-dealkylation sites (N-methyl/N-ethyl adjacent to an activating group) is 1. The summed E-state index contributed by atoms with van der Waals surface area (Å²) in [6.45, 7) is 13.1. The molecule has 0 bridgehead atoms. The Morgan fingerprint density at radius 3 is 2.72 bits per heavy atom. The third-order valence-corrected chi connectivity index (χ3v) is 4.15. The van der Waals surface area contributed by atoms with Crippen molar-refractivity contribution in [2.24, 2.45) is 0 Å². The average Bonchev–Trinajstić information content (AvgIpc) is 2.36. The van der Waals surface area contributed by atoms with Crippen LogP contribution in [0.2, 0.25) is 0 Å². The Kier molecular flexibility index (Phi) is 7.87. The molecular weight excluding hydrogens is 222 g/mol. The summed E-state index contributed by atoms with van der Waals surface area (Å²) in [5.74, 6) is 0. The summed E-state index contributed by atoms with van der Waals surface area (Å²) >= 11 is 0. The zero-order valence-corrected chi connectivity index (χ0v) is 12.9. The number of hydrogen-bond acceptors (Lipinski definition) is 3. The molecule has 0 amide bonds. The van der Waals surface area contributed by atoms with Crippen molar-refractivity contribution in [1.29, 1.82) is 0 Å². The highest BCUT2D eigenvalue weighted by Crippen LogP contribution is 2.09. The van der Waals surface area contributed by atoms with Crippen molar-refractivity contribution in [3.05, 3.63) is 0 Å². The molecule has 1 rings (SSSR count). The number of piperazine rings is 1. The summed E-state index contributed by atoms with van der Waals surface area (Å²) in [5, 5.41) is 3.56. The van der Waals surface area contributed by atoms with Gasteiger partial charge in [-0.15, -0.1) is 0 Å². The number of nitrogens with one attached hydrogen (secondary N) is 1. The molecular formula is C15H33N3. The third kappa shape index (κ3) is 6.17. The first-order valence-electron chi connectivity index (χ1n) is 7.79. The molecule has 3 nitrogen and oxygen atoms in total. The lowest BCUT2D eigenvalue weighted by Gasteiger charge is -2.37. The number of nitrogens with zero attached hydrogens (tertiary/aromatic N) is 2. The largest absolute Gasteiger partial charge is 0.314 e. The topological polar surface area (TPSA) is 18.5 Å². The molecule has 0 radical (unpaired) electrons. The maximum atomic E-state index is 3.56.